The van der Waals surface area contributed by atoms with Gasteiger partial charge < -0.3 is 16.0 Å². The van der Waals surface area contributed by atoms with Crippen LogP contribution in [0.15, 0.2) is 28.9 Å². The van der Waals surface area contributed by atoms with Crippen LogP contribution in [0, 0.1) is 0 Å². The molecule has 0 bridgehead atoms. The second-order valence-corrected chi connectivity index (χ2v) is 4.39. The van der Waals surface area contributed by atoms with Gasteiger partial charge in [-0.1, -0.05) is 12.1 Å². The maximum Gasteiger partial charge on any atom is 0.281 e. The average molecular weight is 261 g/mol. The van der Waals surface area contributed by atoms with Crippen molar-refractivity contribution < 1.29 is 9.42 Å². The fourth-order valence-electron chi connectivity index (χ4n) is 1.66. The third kappa shape index (κ3) is 3.29. The van der Waals surface area contributed by atoms with Gasteiger partial charge in [-0.2, -0.15) is 0 Å². The van der Waals surface area contributed by atoms with Gasteiger partial charge in [0.2, 0.25) is 11.5 Å². The van der Waals surface area contributed by atoms with Crippen LogP contribution in [-0.4, -0.2) is 35.2 Å². The van der Waals surface area contributed by atoms with Crippen LogP contribution in [0.3, 0.4) is 0 Å². The molecule has 1 heterocycles. The Balaban J connectivity index is 2.11. The van der Waals surface area contributed by atoms with Crippen molar-refractivity contribution in [2.24, 2.45) is 0 Å². The zero-order valence-electron chi connectivity index (χ0n) is 10.8. The van der Waals surface area contributed by atoms with Gasteiger partial charge in [0.05, 0.1) is 0 Å². The smallest absolute Gasteiger partial charge is 0.281 e. The highest BCUT2D eigenvalue weighted by Crippen LogP contribution is 2.14. The number of carbonyl (C=O) groups is 1. The second kappa shape index (κ2) is 5.49. The molecular weight excluding hydrogens is 246 g/mol. The number of aromatic nitrogens is 2. The van der Waals surface area contributed by atoms with Crippen molar-refractivity contribution in [1.29, 1.82) is 0 Å². The predicted octanol–water partition coefficient (Wildman–Crippen LogP) is 0.966. The van der Waals surface area contributed by atoms with E-state index >= 15 is 0 Å². The van der Waals surface area contributed by atoms with Crippen LogP contribution in [0.25, 0.3) is 0 Å². The zero-order valence-corrected chi connectivity index (χ0v) is 10.8. The molecule has 0 spiro atoms. The lowest BCUT2D eigenvalue weighted by atomic mass is 10.2. The van der Waals surface area contributed by atoms with Gasteiger partial charge in [0.1, 0.15) is 0 Å². The lowest BCUT2D eigenvalue weighted by molar-refractivity contribution is 0.101. The van der Waals surface area contributed by atoms with Crippen molar-refractivity contribution in [2.75, 3.05) is 25.1 Å². The quantitative estimate of drug-likeness (QED) is 0.851. The molecule has 0 unspecified atom stereocenters. The molecule has 3 N–H and O–H groups in total. The Morgan fingerprint density at radius 1 is 1.42 bits per heavy atom. The summed E-state index contributed by atoms with van der Waals surface area (Å²) in [5.41, 5.74) is 7.20. The number of benzene rings is 1. The number of nitrogens with zero attached hydrogens (tertiary/aromatic N) is 3. The second-order valence-electron chi connectivity index (χ2n) is 4.39. The molecule has 100 valence electrons. The van der Waals surface area contributed by atoms with E-state index in [4.69, 9.17) is 5.73 Å². The van der Waals surface area contributed by atoms with E-state index in [2.05, 4.69) is 20.3 Å². The molecule has 0 aliphatic rings. The van der Waals surface area contributed by atoms with Gasteiger partial charge in [0.25, 0.3) is 5.91 Å². The van der Waals surface area contributed by atoms with E-state index in [9.17, 15) is 4.79 Å². The first-order valence-corrected chi connectivity index (χ1v) is 5.69. The van der Waals surface area contributed by atoms with E-state index in [1.807, 2.05) is 37.2 Å². The van der Waals surface area contributed by atoms with E-state index < -0.39 is 5.91 Å². The summed E-state index contributed by atoms with van der Waals surface area (Å²) in [4.78, 5) is 13.9. The lowest BCUT2D eigenvalue weighted by Gasteiger charge is -2.11. The molecule has 0 radical (unpaired) electrons. The third-order valence-electron chi connectivity index (χ3n) is 2.41. The van der Waals surface area contributed by atoms with Gasteiger partial charge >= 0.3 is 0 Å². The monoisotopic (exact) mass is 261 g/mol. The molecule has 1 aromatic heterocycles. The number of hydrogen-bond donors (Lipinski definition) is 2. The topological polar surface area (TPSA) is 97.3 Å². The first kappa shape index (κ1) is 13.0. The maximum absolute atomic E-state index is 11.9. The fourth-order valence-corrected chi connectivity index (χ4v) is 1.66. The molecule has 1 aromatic carbocycles. The summed E-state index contributed by atoms with van der Waals surface area (Å²) in [5.74, 6) is -0.470. The summed E-state index contributed by atoms with van der Waals surface area (Å²) in [6.07, 6.45) is 0. The maximum atomic E-state index is 11.9. The minimum Gasteiger partial charge on any atom is -0.379 e. The Morgan fingerprint density at radius 3 is 2.84 bits per heavy atom. The third-order valence-corrected chi connectivity index (χ3v) is 2.41. The highest BCUT2D eigenvalue weighted by Gasteiger charge is 2.15. The molecule has 19 heavy (non-hydrogen) atoms. The summed E-state index contributed by atoms with van der Waals surface area (Å²) in [5, 5.41) is 9.51. The van der Waals surface area contributed by atoms with Crippen molar-refractivity contribution in [1.82, 2.24) is 15.2 Å². The SMILES string of the molecule is CN(C)Cc1cccc(NC(=O)c2nonc2N)c1. The normalized spacial score (nSPS) is 10.7. The first-order chi connectivity index (χ1) is 9.06. The number of nitrogens with one attached hydrogen (secondary N) is 1. The predicted molar refractivity (Wildman–Crippen MR) is 70.5 cm³/mol. The van der Waals surface area contributed by atoms with Crippen LogP contribution in [-0.2, 0) is 6.54 Å². The van der Waals surface area contributed by atoms with E-state index in [1.54, 1.807) is 6.07 Å². The molecule has 0 aliphatic heterocycles. The molecule has 2 aromatic rings. The lowest BCUT2D eigenvalue weighted by Crippen LogP contribution is -2.15. The van der Waals surface area contributed by atoms with E-state index in [0.29, 0.717) is 5.69 Å². The van der Waals surface area contributed by atoms with Gasteiger partial charge in [-0.3, -0.25) is 4.79 Å². The summed E-state index contributed by atoms with van der Waals surface area (Å²) in [6.45, 7) is 0.789. The van der Waals surface area contributed by atoms with Crippen LogP contribution in [0.1, 0.15) is 16.1 Å². The Kier molecular flexibility index (Phi) is 3.76. The van der Waals surface area contributed by atoms with Crippen LogP contribution in [0.2, 0.25) is 0 Å². The van der Waals surface area contributed by atoms with Gasteiger partial charge in [0, 0.05) is 12.2 Å². The van der Waals surface area contributed by atoms with Gasteiger partial charge in [-0.05, 0) is 42.1 Å². The molecular formula is C12H15N5O2. The zero-order chi connectivity index (χ0) is 13.8. The van der Waals surface area contributed by atoms with Crippen LogP contribution in [0.5, 0.6) is 0 Å². The van der Waals surface area contributed by atoms with Crippen molar-refractivity contribution >= 4 is 17.4 Å². The standard InChI is InChI=1S/C12H15N5O2/c1-17(2)7-8-4-3-5-9(6-8)14-12(18)10-11(13)16-19-15-10/h3-6H,7H2,1-2H3,(H2,13,16)(H,14,18). The van der Waals surface area contributed by atoms with Crippen molar-refractivity contribution in [3.05, 3.63) is 35.5 Å². The molecule has 0 fully saturated rings. The summed E-state index contributed by atoms with van der Waals surface area (Å²) >= 11 is 0. The molecule has 2 rings (SSSR count). The van der Waals surface area contributed by atoms with Crippen LogP contribution < -0.4 is 11.1 Å². The Hall–Kier alpha value is -2.41. The molecule has 7 heteroatoms. The number of nitrogens with two attached hydrogens (primary N) is 1. The largest absolute Gasteiger partial charge is 0.379 e. The number of anilines is 2. The van der Waals surface area contributed by atoms with Crippen molar-refractivity contribution in [3.8, 4) is 0 Å². The number of carbonyl (C=O) groups excluding carboxylic acids is 1. The Morgan fingerprint density at radius 2 is 2.21 bits per heavy atom. The summed E-state index contributed by atoms with van der Waals surface area (Å²) in [7, 11) is 3.96. The summed E-state index contributed by atoms with van der Waals surface area (Å²) in [6, 6.07) is 7.54. The molecule has 0 atom stereocenters. The molecule has 7 nitrogen and oxygen atoms in total. The van der Waals surface area contributed by atoms with Crippen molar-refractivity contribution in [2.45, 2.75) is 6.54 Å². The molecule has 1 amide bonds. The first-order valence-electron chi connectivity index (χ1n) is 5.69. The molecule has 0 saturated carbocycles. The minimum atomic E-state index is -0.444. The molecule has 0 saturated heterocycles. The van der Waals surface area contributed by atoms with Crippen LogP contribution >= 0.6 is 0 Å². The fraction of sp³-hybridized carbons (Fsp3) is 0.250. The number of hydrogen-bond acceptors (Lipinski definition) is 6. The summed E-state index contributed by atoms with van der Waals surface area (Å²) < 4.78 is 4.39. The van der Waals surface area contributed by atoms with E-state index in [-0.39, 0.29) is 11.5 Å². The minimum absolute atomic E-state index is 0.0157. The number of nitrogen functional groups attached to an aromatic ring is 1. The van der Waals surface area contributed by atoms with Gasteiger partial charge in [-0.15, -0.1) is 0 Å². The molecule has 0 aliphatic carbocycles. The van der Waals surface area contributed by atoms with E-state index in [0.717, 1.165) is 12.1 Å². The van der Waals surface area contributed by atoms with E-state index in [1.165, 1.54) is 0 Å². The van der Waals surface area contributed by atoms with Gasteiger partial charge in [0.15, 0.2) is 0 Å². The Labute approximate surface area is 110 Å². The van der Waals surface area contributed by atoms with Crippen molar-refractivity contribution in [3.63, 3.8) is 0 Å². The highest BCUT2D eigenvalue weighted by molar-refractivity contribution is 6.05. The number of amides is 1. The van der Waals surface area contributed by atoms with Gasteiger partial charge in [-0.25, -0.2) is 4.63 Å². The Bertz CT molecular complexity index is 579. The average Bonchev–Trinajstić information content (AvgIpc) is 2.75. The highest BCUT2D eigenvalue weighted by atomic mass is 16.6. The van der Waals surface area contributed by atoms with Crippen LogP contribution in [0.4, 0.5) is 11.5 Å². The number of rotatable bonds is 4.